The van der Waals surface area contributed by atoms with Crippen molar-refractivity contribution in [1.29, 1.82) is 0 Å². The molecule has 0 N–H and O–H groups in total. The summed E-state index contributed by atoms with van der Waals surface area (Å²) in [4.78, 5) is 7.12. The number of hydrogen-bond acceptors (Lipinski definition) is 5. The summed E-state index contributed by atoms with van der Waals surface area (Å²) in [6.45, 7) is 5.75. The summed E-state index contributed by atoms with van der Waals surface area (Å²) >= 11 is 0. The number of oxazole rings is 1. The van der Waals surface area contributed by atoms with Gasteiger partial charge >= 0.3 is 0 Å². The van der Waals surface area contributed by atoms with E-state index in [1.807, 2.05) is 50.2 Å². The van der Waals surface area contributed by atoms with Crippen molar-refractivity contribution in [2.24, 2.45) is 0 Å². The number of aromatic nitrogens is 2. The molecule has 1 fully saturated rings. The lowest BCUT2D eigenvalue weighted by Gasteiger charge is -2.21. The highest BCUT2D eigenvalue weighted by Crippen LogP contribution is 2.34. The molecule has 1 atom stereocenters. The third kappa shape index (κ3) is 2.87. The zero-order chi connectivity index (χ0) is 16.5. The Labute approximate surface area is 141 Å². The number of rotatable bonds is 4. The summed E-state index contributed by atoms with van der Waals surface area (Å²) in [6, 6.07) is 12.3. The smallest absolute Gasteiger partial charge is 0.226 e. The molecule has 5 nitrogen and oxygen atoms in total. The van der Waals surface area contributed by atoms with Crippen LogP contribution in [0.2, 0.25) is 0 Å². The highest BCUT2D eigenvalue weighted by molar-refractivity contribution is 5.53. The van der Waals surface area contributed by atoms with E-state index in [9.17, 15) is 0 Å². The molecular formula is C19H21N3O2. The van der Waals surface area contributed by atoms with Gasteiger partial charge in [0.05, 0.1) is 17.4 Å². The Morgan fingerprint density at radius 3 is 2.79 bits per heavy atom. The van der Waals surface area contributed by atoms with E-state index in [-0.39, 0.29) is 6.04 Å². The van der Waals surface area contributed by atoms with Crippen molar-refractivity contribution >= 4 is 0 Å². The third-order valence-electron chi connectivity index (χ3n) is 4.60. The zero-order valence-corrected chi connectivity index (χ0v) is 14.0. The number of hydrogen-bond donors (Lipinski definition) is 0. The molecule has 0 unspecified atom stereocenters. The van der Waals surface area contributed by atoms with Crippen molar-refractivity contribution < 1.29 is 8.94 Å². The fourth-order valence-corrected chi connectivity index (χ4v) is 3.35. The molecule has 0 spiro atoms. The summed E-state index contributed by atoms with van der Waals surface area (Å²) < 4.78 is 11.4. The van der Waals surface area contributed by atoms with Crippen molar-refractivity contribution in [2.45, 2.75) is 39.3 Å². The quantitative estimate of drug-likeness (QED) is 0.717. The van der Waals surface area contributed by atoms with E-state index in [1.165, 1.54) is 0 Å². The van der Waals surface area contributed by atoms with Gasteiger partial charge in [0, 0.05) is 18.2 Å². The maximum atomic E-state index is 5.88. The van der Waals surface area contributed by atoms with Crippen LogP contribution < -0.4 is 0 Å². The summed E-state index contributed by atoms with van der Waals surface area (Å²) in [7, 11) is 0. The molecule has 3 aromatic rings. The van der Waals surface area contributed by atoms with Crippen LogP contribution in [0.3, 0.4) is 0 Å². The SMILES string of the molecule is Cc1cc([C@H]2CCCN2Cc2nc(-c3ccccc3)oc2C)on1. The van der Waals surface area contributed by atoms with Crippen molar-refractivity contribution in [1.82, 2.24) is 15.0 Å². The van der Waals surface area contributed by atoms with Crippen LogP contribution in [0.1, 0.15) is 41.8 Å². The normalized spacial score (nSPS) is 18.3. The highest BCUT2D eigenvalue weighted by Gasteiger charge is 2.30. The third-order valence-corrected chi connectivity index (χ3v) is 4.60. The van der Waals surface area contributed by atoms with Crippen LogP contribution in [0.4, 0.5) is 0 Å². The second-order valence-corrected chi connectivity index (χ2v) is 6.39. The topological polar surface area (TPSA) is 55.3 Å². The lowest BCUT2D eigenvalue weighted by Crippen LogP contribution is -2.23. The standard InChI is InChI=1S/C19H21N3O2/c1-13-11-18(24-21-13)17-9-6-10-22(17)12-16-14(2)23-19(20-16)15-7-4-3-5-8-15/h3-5,7-8,11,17H,6,9-10,12H2,1-2H3/t17-/m1/s1. The van der Waals surface area contributed by atoms with E-state index in [2.05, 4.69) is 10.1 Å². The van der Waals surface area contributed by atoms with Crippen LogP contribution in [0.5, 0.6) is 0 Å². The molecular weight excluding hydrogens is 302 g/mol. The monoisotopic (exact) mass is 323 g/mol. The lowest BCUT2D eigenvalue weighted by molar-refractivity contribution is 0.204. The molecule has 124 valence electrons. The Morgan fingerprint density at radius 2 is 2.04 bits per heavy atom. The molecule has 0 aliphatic carbocycles. The number of benzene rings is 1. The van der Waals surface area contributed by atoms with Crippen LogP contribution >= 0.6 is 0 Å². The van der Waals surface area contributed by atoms with Gasteiger partial charge in [-0.25, -0.2) is 4.98 Å². The van der Waals surface area contributed by atoms with Gasteiger partial charge in [0.15, 0.2) is 5.76 Å². The van der Waals surface area contributed by atoms with Crippen LogP contribution in [-0.2, 0) is 6.54 Å². The maximum absolute atomic E-state index is 5.88. The molecule has 1 aliphatic heterocycles. The van der Waals surface area contributed by atoms with Crippen LogP contribution in [-0.4, -0.2) is 21.6 Å². The van der Waals surface area contributed by atoms with E-state index in [0.717, 1.165) is 54.4 Å². The molecule has 1 saturated heterocycles. The van der Waals surface area contributed by atoms with E-state index in [1.54, 1.807) is 0 Å². The molecule has 2 aromatic heterocycles. The van der Waals surface area contributed by atoms with Gasteiger partial charge in [0.1, 0.15) is 5.76 Å². The van der Waals surface area contributed by atoms with Gasteiger partial charge in [-0.2, -0.15) is 0 Å². The first-order chi connectivity index (χ1) is 11.7. The van der Waals surface area contributed by atoms with E-state index in [0.29, 0.717) is 5.89 Å². The van der Waals surface area contributed by atoms with E-state index >= 15 is 0 Å². The molecule has 0 saturated carbocycles. The fraction of sp³-hybridized carbons (Fsp3) is 0.368. The Hall–Kier alpha value is -2.40. The Balaban J connectivity index is 1.56. The van der Waals surface area contributed by atoms with Gasteiger partial charge in [-0.05, 0) is 45.4 Å². The molecule has 0 amide bonds. The van der Waals surface area contributed by atoms with Gasteiger partial charge < -0.3 is 8.94 Å². The first-order valence-electron chi connectivity index (χ1n) is 8.39. The first kappa shape index (κ1) is 15.1. The highest BCUT2D eigenvalue weighted by atomic mass is 16.5. The lowest BCUT2D eigenvalue weighted by atomic mass is 10.1. The second-order valence-electron chi connectivity index (χ2n) is 6.39. The molecule has 5 heteroatoms. The average molecular weight is 323 g/mol. The Morgan fingerprint density at radius 1 is 1.21 bits per heavy atom. The predicted octanol–water partition coefficient (Wildman–Crippen LogP) is 4.28. The molecule has 0 radical (unpaired) electrons. The number of likely N-dealkylation sites (tertiary alicyclic amines) is 1. The van der Waals surface area contributed by atoms with E-state index < -0.39 is 0 Å². The van der Waals surface area contributed by atoms with Crippen LogP contribution in [0.15, 0.2) is 45.3 Å². The summed E-state index contributed by atoms with van der Waals surface area (Å²) in [5.74, 6) is 2.53. The largest absolute Gasteiger partial charge is 0.441 e. The number of aryl methyl sites for hydroxylation is 2. The second kappa shape index (κ2) is 6.24. The average Bonchev–Trinajstić information content (AvgIpc) is 3.30. The molecule has 3 heterocycles. The first-order valence-corrected chi connectivity index (χ1v) is 8.39. The fourth-order valence-electron chi connectivity index (χ4n) is 3.35. The summed E-state index contributed by atoms with van der Waals surface area (Å²) in [5, 5.41) is 4.03. The van der Waals surface area contributed by atoms with Crippen molar-refractivity contribution in [3.63, 3.8) is 0 Å². The Bertz CT molecular complexity index is 822. The van der Waals surface area contributed by atoms with Gasteiger partial charge in [0.2, 0.25) is 5.89 Å². The van der Waals surface area contributed by atoms with Gasteiger partial charge in [-0.3, -0.25) is 4.90 Å². The minimum absolute atomic E-state index is 0.280. The molecule has 1 aliphatic rings. The molecule has 24 heavy (non-hydrogen) atoms. The minimum atomic E-state index is 0.280. The summed E-state index contributed by atoms with van der Waals surface area (Å²) in [6.07, 6.45) is 2.25. The Kier molecular flexibility index (Phi) is 3.94. The minimum Gasteiger partial charge on any atom is -0.441 e. The summed E-state index contributed by atoms with van der Waals surface area (Å²) in [5.41, 5.74) is 2.94. The zero-order valence-electron chi connectivity index (χ0n) is 14.0. The molecule has 1 aromatic carbocycles. The van der Waals surface area contributed by atoms with Gasteiger partial charge in [-0.15, -0.1) is 0 Å². The van der Waals surface area contributed by atoms with Gasteiger partial charge in [-0.1, -0.05) is 23.4 Å². The van der Waals surface area contributed by atoms with E-state index in [4.69, 9.17) is 13.9 Å². The maximum Gasteiger partial charge on any atom is 0.226 e. The van der Waals surface area contributed by atoms with Crippen molar-refractivity contribution in [2.75, 3.05) is 6.54 Å². The predicted molar refractivity (Wildman–Crippen MR) is 90.3 cm³/mol. The van der Waals surface area contributed by atoms with Gasteiger partial charge in [0.25, 0.3) is 0 Å². The number of nitrogens with zero attached hydrogens (tertiary/aromatic N) is 3. The molecule has 0 bridgehead atoms. The van der Waals surface area contributed by atoms with Crippen molar-refractivity contribution in [3.05, 3.63) is 59.3 Å². The van der Waals surface area contributed by atoms with Crippen LogP contribution in [0.25, 0.3) is 11.5 Å². The van der Waals surface area contributed by atoms with Crippen molar-refractivity contribution in [3.8, 4) is 11.5 Å². The molecule has 4 rings (SSSR count). The van der Waals surface area contributed by atoms with Crippen LogP contribution in [0, 0.1) is 13.8 Å².